The van der Waals surface area contributed by atoms with Crippen LogP contribution in [0.2, 0.25) is 10.0 Å². The topological polar surface area (TPSA) is 28.7 Å². The Bertz CT molecular complexity index is 668. The van der Waals surface area contributed by atoms with E-state index in [-0.39, 0.29) is 0 Å². The van der Waals surface area contributed by atoms with Gasteiger partial charge in [-0.05, 0) is 29.8 Å². The van der Waals surface area contributed by atoms with Gasteiger partial charge in [-0.15, -0.1) is 0 Å². The minimum Gasteiger partial charge on any atom is -0.346 e. The van der Waals surface area contributed by atoms with Crippen LogP contribution >= 0.6 is 23.2 Å². The van der Waals surface area contributed by atoms with Crippen LogP contribution in [0.3, 0.4) is 0 Å². The molecule has 0 aliphatic heterocycles. The Labute approximate surface area is 108 Å². The average Bonchev–Trinajstić information content (AvgIpc) is 2.77. The number of pyridine rings is 1. The van der Waals surface area contributed by atoms with E-state index < -0.39 is 0 Å². The van der Waals surface area contributed by atoms with Crippen LogP contribution in [0.5, 0.6) is 0 Å². The maximum Gasteiger partial charge on any atom is 0.137 e. The molecule has 0 saturated carbocycles. The van der Waals surface area contributed by atoms with E-state index in [4.69, 9.17) is 23.2 Å². The minimum absolute atomic E-state index is 0.645. The number of nitrogens with one attached hydrogen (secondary N) is 1. The van der Waals surface area contributed by atoms with Crippen molar-refractivity contribution < 1.29 is 0 Å². The van der Waals surface area contributed by atoms with Crippen molar-refractivity contribution in [3.63, 3.8) is 0 Å². The average molecular weight is 263 g/mol. The molecule has 0 fully saturated rings. The number of fused-ring (bicyclic) bond motifs is 1. The number of halogens is 2. The van der Waals surface area contributed by atoms with Gasteiger partial charge in [0.15, 0.2) is 0 Å². The summed E-state index contributed by atoms with van der Waals surface area (Å²) in [5.41, 5.74) is 2.67. The van der Waals surface area contributed by atoms with Gasteiger partial charge in [-0.3, -0.25) is 0 Å². The largest absolute Gasteiger partial charge is 0.346 e. The fraction of sp³-hybridized carbons (Fsp3) is 0. The molecule has 0 bridgehead atoms. The molecule has 0 saturated heterocycles. The molecular formula is C13H8Cl2N2. The molecule has 3 aromatic rings. The third-order valence-corrected chi connectivity index (χ3v) is 3.32. The zero-order valence-electron chi connectivity index (χ0n) is 8.74. The van der Waals surface area contributed by atoms with E-state index in [0.717, 1.165) is 22.2 Å². The van der Waals surface area contributed by atoms with Crippen LogP contribution < -0.4 is 0 Å². The van der Waals surface area contributed by atoms with E-state index >= 15 is 0 Å². The molecule has 0 amide bonds. The number of hydrogen-bond acceptors (Lipinski definition) is 1. The molecule has 0 atom stereocenters. The van der Waals surface area contributed by atoms with E-state index in [1.165, 1.54) is 0 Å². The van der Waals surface area contributed by atoms with E-state index in [1.54, 1.807) is 6.20 Å². The highest BCUT2D eigenvalue weighted by molar-refractivity contribution is 6.39. The number of aromatic nitrogens is 2. The Morgan fingerprint density at radius 3 is 2.53 bits per heavy atom. The van der Waals surface area contributed by atoms with Crippen molar-refractivity contribution in [3.8, 4) is 11.1 Å². The summed E-state index contributed by atoms with van der Waals surface area (Å²) < 4.78 is 0. The third kappa shape index (κ3) is 1.70. The van der Waals surface area contributed by atoms with Crippen molar-refractivity contribution in [1.29, 1.82) is 0 Å². The van der Waals surface area contributed by atoms with E-state index in [2.05, 4.69) is 9.97 Å². The normalized spacial score (nSPS) is 10.9. The van der Waals surface area contributed by atoms with Gasteiger partial charge in [0.1, 0.15) is 5.65 Å². The van der Waals surface area contributed by atoms with Gasteiger partial charge in [0.2, 0.25) is 0 Å². The summed E-state index contributed by atoms with van der Waals surface area (Å²) in [6.45, 7) is 0. The Morgan fingerprint density at radius 2 is 1.76 bits per heavy atom. The van der Waals surface area contributed by atoms with E-state index in [0.29, 0.717) is 10.0 Å². The van der Waals surface area contributed by atoms with Crippen LogP contribution in [0.4, 0.5) is 0 Å². The van der Waals surface area contributed by atoms with Gasteiger partial charge < -0.3 is 4.98 Å². The first-order valence-electron chi connectivity index (χ1n) is 5.14. The van der Waals surface area contributed by atoms with Crippen LogP contribution in [0, 0.1) is 0 Å². The molecule has 1 aromatic carbocycles. The van der Waals surface area contributed by atoms with Gasteiger partial charge in [-0.2, -0.15) is 0 Å². The van der Waals surface area contributed by atoms with E-state index in [9.17, 15) is 0 Å². The van der Waals surface area contributed by atoms with Gasteiger partial charge in [-0.1, -0.05) is 29.3 Å². The maximum absolute atomic E-state index is 6.22. The number of hydrogen-bond donors (Lipinski definition) is 1. The smallest absolute Gasteiger partial charge is 0.137 e. The van der Waals surface area contributed by atoms with Crippen molar-refractivity contribution >= 4 is 34.2 Å². The molecule has 2 heterocycles. The number of aromatic amines is 1. The molecule has 0 aliphatic carbocycles. The van der Waals surface area contributed by atoms with Crippen molar-refractivity contribution in [1.82, 2.24) is 9.97 Å². The number of nitrogens with zero attached hydrogens (tertiary/aromatic N) is 1. The predicted molar refractivity (Wildman–Crippen MR) is 71.5 cm³/mol. The predicted octanol–water partition coefficient (Wildman–Crippen LogP) is 4.54. The molecule has 17 heavy (non-hydrogen) atoms. The fourth-order valence-electron chi connectivity index (χ4n) is 1.93. The maximum atomic E-state index is 6.22. The van der Waals surface area contributed by atoms with Gasteiger partial charge in [0.25, 0.3) is 0 Å². The van der Waals surface area contributed by atoms with Crippen molar-refractivity contribution in [2.45, 2.75) is 0 Å². The Hall–Kier alpha value is -1.51. The summed E-state index contributed by atoms with van der Waals surface area (Å²) in [6.07, 6.45) is 3.60. The van der Waals surface area contributed by atoms with Gasteiger partial charge in [0, 0.05) is 33.4 Å². The molecule has 3 rings (SSSR count). The number of benzene rings is 1. The molecule has 84 valence electrons. The first kappa shape index (κ1) is 10.6. The molecule has 2 nitrogen and oxygen atoms in total. The summed E-state index contributed by atoms with van der Waals surface area (Å²) in [7, 11) is 0. The van der Waals surface area contributed by atoms with Crippen LogP contribution in [-0.4, -0.2) is 9.97 Å². The Balaban J connectivity index is 2.38. The highest BCUT2D eigenvalue weighted by Gasteiger charge is 2.11. The lowest BCUT2D eigenvalue weighted by Gasteiger charge is -2.07. The third-order valence-electron chi connectivity index (χ3n) is 2.69. The van der Waals surface area contributed by atoms with Crippen LogP contribution in [0.1, 0.15) is 0 Å². The van der Waals surface area contributed by atoms with E-state index in [1.807, 2.05) is 36.5 Å². The highest BCUT2D eigenvalue weighted by Crippen LogP contribution is 2.37. The van der Waals surface area contributed by atoms with Crippen molar-refractivity contribution in [2.75, 3.05) is 0 Å². The molecule has 0 aliphatic rings. The summed E-state index contributed by atoms with van der Waals surface area (Å²) in [5, 5.41) is 2.31. The van der Waals surface area contributed by atoms with Crippen molar-refractivity contribution in [3.05, 3.63) is 52.8 Å². The highest BCUT2D eigenvalue weighted by atomic mass is 35.5. The quantitative estimate of drug-likeness (QED) is 0.686. The number of H-pyrrole nitrogens is 1. The number of rotatable bonds is 1. The minimum atomic E-state index is 0.645. The first-order chi connectivity index (χ1) is 8.27. The lowest BCUT2D eigenvalue weighted by Crippen LogP contribution is -1.84. The summed E-state index contributed by atoms with van der Waals surface area (Å²) in [5.74, 6) is 0. The molecule has 0 unspecified atom stereocenters. The lowest BCUT2D eigenvalue weighted by molar-refractivity contribution is 1.33. The molecule has 0 spiro atoms. The zero-order chi connectivity index (χ0) is 11.8. The standard InChI is InChI=1S/C13H8Cl2N2/c14-10-2-1-3-11(15)12(10)8-4-6-16-13-9(8)5-7-17-13/h1-7H,(H,16,17). The van der Waals surface area contributed by atoms with Gasteiger partial charge in [-0.25, -0.2) is 4.98 Å². The summed E-state index contributed by atoms with van der Waals surface area (Å²) in [6, 6.07) is 9.40. The second-order valence-corrected chi connectivity index (χ2v) is 4.51. The second kappa shape index (κ2) is 4.06. The summed E-state index contributed by atoms with van der Waals surface area (Å²) in [4.78, 5) is 7.32. The molecule has 4 heteroatoms. The van der Waals surface area contributed by atoms with Crippen LogP contribution in [0.15, 0.2) is 42.7 Å². The lowest BCUT2D eigenvalue weighted by atomic mass is 10.0. The Morgan fingerprint density at radius 1 is 1.00 bits per heavy atom. The molecule has 1 N–H and O–H groups in total. The molecular weight excluding hydrogens is 255 g/mol. The van der Waals surface area contributed by atoms with Crippen LogP contribution in [0.25, 0.3) is 22.2 Å². The van der Waals surface area contributed by atoms with Crippen LogP contribution in [-0.2, 0) is 0 Å². The Kier molecular flexibility index (Phi) is 2.54. The van der Waals surface area contributed by atoms with Gasteiger partial charge in [0.05, 0.1) is 0 Å². The van der Waals surface area contributed by atoms with Crippen molar-refractivity contribution in [2.24, 2.45) is 0 Å². The SMILES string of the molecule is Clc1cccc(Cl)c1-c1ccnc2[nH]ccc12. The fourth-order valence-corrected chi connectivity index (χ4v) is 2.54. The first-order valence-corrected chi connectivity index (χ1v) is 5.89. The molecule has 2 aromatic heterocycles. The second-order valence-electron chi connectivity index (χ2n) is 3.70. The monoisotopic (exact) mass is 262 g/mol. The zero-order valence-corrected chi connectivity index (χ0v) is 10.3. The van der Waals surface area contributed by atoms with Gasteiger partial charge >= 0.3 is 0 Å². The summed E-state index contributed by atoms with van der Waals surface area (Å²) >= 11 is 12.4. The molecule has 0 radical (unpaired) electrons.